The molecule has 0 bridgehead atoms. The lowest BCUT2D eigenvalue weighted by Crippen LogP contribution is -1.89. The van der Waals surface area contributed by atoms with Gasteiger partial charge >= 0.3 is 0 Å². The van der Waals surface area contributed by atoms with Gasteiger partial charge in [-0.25, -0.2) is 9.97 Å². The fourth-order valence-electron chi connectivity index (χ4n) is 1.34. The molecule has 0 aliphatic rings. The molecule has 0 N–H and O–H groups in total. The monoisotopic (exact) mass is 282 g/mol. The van der Waals surface area contributed by atoms with E-state index < -0.39 is 0 Å². The highest BCUT2D eigenvalue weighted by molar-refractivity contribution is 9.10. The van der Waals surface area contributed by atoms with Gasteiger partial charge in [-0.15, -0.1) is 0 Å². The minimum atomic E-state index is 0.686. The predicted molar refractivity (Wildman–Crippen MR) is 64.9 cm³/mol. The first-order valence-electron chi connectivity index (χ1n) is 4.40. The summed E-state index contributed by atoms with van der Waals surface area (Å²) in [5.74, 6) is 0. The Balaban J connectivity index is 2.55. The summed E-state index contributed by atoms with van der Waals surface area (Å²) >= 11 is 9.38. The first kappa shape index (κ1) is 10.6. The van der Waals surface area contributed by atoms with Crippen LogP contribution in [0.4, 0.5) is 0 Å². The van der Waals surface area contributed by atoms with Crippen LogP contribution in [0.5, 0.6) is 0 Å². The molecule has 2 nitrogen and oxygen atoms in total. The van der Waals surface area contributed by atoms with Gasteiger partial charge in [-0.3, -0.25) is 0 Å². The summed E-state index contributed by atoms with van der Waals surface area (Å²) < 4.78 is 0.889. The highest BCUT2D eigenvalue weighted by Crippen LogP contribution is 2.28. The SMILES string of the molecule is Cc1cncnc1-c1ccc(Br)c(Cl)c1. The Morgan fingerprint density at radius 3 is 2.80 bits per heavy atom. The normalized spacial score (nSPS) is 10.3. The zero-order valence-corrected chi connectivity index (χ0v) is 10.4. The van der Waals surface area contributed by atoms with Crippen LogP contribution in [0.15, 0.2) is 35.2 Å². The Morgan fingerprint density at radius 1 is 1.33 bits per heavy atom. The number of halogens is 2. The van der Waals surface area contributed by atoms with Gasteiger partial charge in [0.1, 0.15) is 6.33 Å². The number of aryl methyl sites for hydroxylation is 1. The molecule has 0 atom stereocenters. The molecule has 0 fully saturated rings. The molecule has 0 saturated carbocycles. The van der Waals surface area contributed by atoms with Gasteiger partial charge < -0.3 is 0 Å². The van der Waals surface area contributed by atoms with Crippen molar-refractivity contribution in [3.63, 3.8) is 0 Å². The molecule has 76 valence electrons. The van der Waals surface area contributed by atoms with Crippen molar-refractivity contribution in [3.8, 4) is 11.3 Å². The maximum atomic E-state index is 6.03. The molecule has 0 spiro atoms. The van der Waals surface area contributed by atoms with E-state index in [1.807, 2.05) is 25.1 Å². The first-order valence-corrected chi connectivity index (χ1v) is 5.57. The van der Waals surface area contributed by atoms with Gasteiger partial charge in [0.2, 0.25) is 0 Å². The number of benzene rings is 1. The van der Waals surface area contributed by atoms with E-state index in [1.165, 1.54) is 6.33 Å². The van der Waals surface area contributed by atoms with Gasteiger partial charge in [-0.2, -0.15) is 0 Å². The van der Waals surface area contributed by atoms with E-state index in [-0.39, 0.29) is 0 Å². The van der Waals surface area contributed by atoms with Crippen molar-refractivity contribution in [1.82, 2.24) is 9.97 Å². The second-order valence-corrected chi connectivity index (χ2v) is 4.44. The van der Waals surface area contributed by atoms with Crippen LogP contribution < -0.4 is 0 Å². The third-order valence-electron chi connectivity index (χ3n) is 2.09. The van der Waals surface area contributed by atoms with Gasteiger partial charge in [0.25, 0.3) is 0 Å². The lowest BCUT2D eigenvalue weighted by atomic mass is 10.1. The summed E-state index contributed by atoms with van der Waals surface area (Å²) in [6.45, 7) is 1.98. The first-order chi connectivity index (χ1) is 7.18. The average molecular weight is 284 g/mol. The van der Waals surface area contributed by atoms with Crippen LogP contribution in [-0.2, 0) is 0 Å². The molecular formula is C11H8BrClN2. The summed E-state index contributed by atoms with van der Waals surface area (Å²) in [7, 11) is 0. The third-order valence-corrected chi connectivity index (χ3v) is 3.32. The van der Waals surface area contributed by atoms with Crippen molar-refractivity contribution < 1.29 is 0 Å². The molecule has 1 aromatic heterocycles. The van der Waals surface area contributed by atoms with E-state index in [2.05, 4.69) is 25.9 Å². The maximum Gasteiger partial charge on any atom is 0.116 e. The highest BCUT2D eigenvalue weighted by Gasteiger charge is 2.05. The van der Waals surface area contributed by atoms with Gasteiger partial charge in [-0.1, -0.05) is 17.7 Å². The minimum absolute atomic E-state index is 0.686. The summed E-state index contributed by atoms with van der Waals surface area (Å²) in [4.78, 5) is 8.19. The molecule has 1 aromatic carbocycles. The molecule has 0 aliphatic carbocycles. The molecule has 1 heterocycles. The van der Waals surface area contributed by atoms with Gasteiger partial charge in [0, 0.05) is 16.2 Å². The Hall–Kier alpha value is -0.930. The largest absolute Gasteiger partial charge is 0.245 e. The molecule has 2 rings (SSSR count). The van der Waals surface area contributed by atoms with Crippen LogP contribution in [0.25, 0.3) is 11.3 Å². The summed E-state index contributed by atoms with van der Waals surface area (Å²) in [5, 5.41) is 0.686. The fourth-order valence-corrected chi connectivity index (χ4v) is 1.77. The zero-order valence-electron chi connectivity index (χ0n) is 8.04. The molecule has 4 heteroatoms. The van der Waals surface area contributed by atoms with Crippen LogP contribution in [-0.4, -0.2) is 9.97 Å². The quantitative estimate of drug-likeness (QED) is 0.794. The van der Waals surface area contributed by atoms with E-state index in [4.69, 9.17) is 11.6 Å². The molecule has 0 radical (unpaired) electrons. The van der Waals surface area contributed by atoms with Gasteiger partial charge in [0.15, 0.2) is 0 Å². The van der Waals surface area contributed by atoms with Crippen LogP contribution in [0, 0.1) is 6.92 Å². The van der Waals surface area contributed by atoms with E-state index in [1.54, 1.807) is 6.20 Å². The molecule has 15 heavy (non-hydrogen) atoms. The smallest absolute Gasteiger partial charge is 0.116 e. The van der Waals surface area contributed by atoms with E-state index >= 15 is 0 Å². The molecule has 0 saturated heterocycles. The molecule has 2 aromatic rings. The van der Waals surface area contributed by atoms with Crippen molar-refractivity contribution in [1.29, 1.82) is 0 Å². The lowest BCUT2D eigenvalue weighted by Gasteiger charge is -2.04. The number of aromatic nitrogens is 2. The Labute approximate surface area is 101 Å². The predicted octanol–water partition coefficient (Wildman–Crippen LogP) is 3.87. The second kappa shape index (κ2) is 4.29. The van der Waals surface area contributed by atoms with E-state index in [9.17, 15) is 0 Å². The van der Waals surface area contributed by atoms with Crippen molar-refractivity contribution >= 4 is 27.5 Å². The number of rotatable bonds is 1. The lowest BCUT2D eigenvalue weighted by molar-refractivity contribution is 1.13. The fraction of sp³-hybridized carbons (Fsp3) is 0.0909. The van der Waals surface area contributed by atoms with Gasteiger partial charge in [0.05, 0.1) is 10.7 Å². The molecular weight excluding hydrogens is 275 g/mol. The van der Waals surface area contributed by atoms with E-state index in [0.717, 1.165) is 21.3 Å². The second-order valence-electron chi connectivity index (χ2n) is 3.18. The minimum Gasteiger partial charge on any atom is -0.245 e. The summed E-state index contributed by atoms with van der Waals surface area (Å²) in [5.41, 5.74) is 2.96. The van der Waals surface area contributed by atoms with Crippen molar-refractivity contribution in [2.45, 2.75) is 6.92 Å². The summed E-state index contributed by atoms with van der Waals surface area (Å²) in [6, 6.07) is 5.78. The van der Waals surface area contributed by atoms with Crippen LogP contribution >= 0.6 is 27.5 Å². The highest BCUT2D eigenvalue weighted by atomic mass is 79.9. The average Bonchev–Trinajstić information content (AvgIpc) is 2.23. The zero-order chi connectivity index (χ0) is 10.8. The Kier molecular flexibility index (Phi) is 3.03. The van der Waals surface area contributed by atoms with Crippen molar-refractivity contribution in [2.75, 3.05) is 0 Å². The van der Waals surface area contributed by atoms with Gasteiger partial charge in [-0.05, 0) is 40.5 Å². The number of hydrogen-bond donors (Lipinski definition) is 0. The topological polar surface area (TPSA) is 25.8 Å². The number of nitrogens with zero attached hydrogens (tertiary/aromatic N) is 2. The molecule has 0 aliphatic heterocycles. The van der Waals surface area contributed by atoms with Crippen LogP contribution in [0.3, 0.4) is 0 Å². The van der Waals surface area contributed by atoms with E-state index in [0.29, 0.717) is 5.02 Å². The molecule has 0 amide bonds. The number of hydrogen-bond acceptors (Lipinski definition) is 2. The third kappa shape index (κ3) is 2.19. The van der Waals surface area contributed by atoms with Crippen LogP contribution in [0.1, 0.15) is 5.56 Å². The summed E-state index contributed by atoms with van der Waals surface area (Å²) in [6.07, 6.45) is 3.33. The standard InChI is InChI=1S/C11H8BrClN2/c1-7-5-14-6-15-11(7)8-2-3-9(12)10(13)4-8/h2-6H,1H3. The maximum absolute atomic E-state index is 6.03. The molecule has 0 unspecified atom stereocenters. The Bertz CT molecular complexity index is 500. The van der Waals surface area contributed by atoms with Crippen molar-refractivity contribution in [3.05, 3.63) is 45.8 Å². The van der Waals surface area contributed by atoms with Crippen LogP contribution in [0.2, 0.25) is 5.02 Å². The Morgan fingerprint density at radius 2 is 2.13 bits per heavy atom. The van der Waals surface area contributed by atoms with Crippen molar-refractivity contribution in [2.24, 2.45) is 0 Å².